The van der Waals surface area contributed by atoms with Crippen molar-refractivity contribution in [3.8, 4) is 5.75 Å². The van der Waals surface area contributed by atoms with E-state index in [-0.39, 0.29) is 18.0 Å². The molecule has 30 heavy (non-hydrogen) atoms. The van der Waals surface area contributed by atoms with Crippen LogP contribution in [0.25, 0.3) is 0 Å². The van der Waals surface area contributed by atoms with Crippen LogP contribution in [-0.2, 0) is 11.3 Å². The van der Waals surface area contributed by atoms with Crippen LogP contribution in [0.15, 0.2) is 42.5 Å². The molecular formula is C24H28F2N2O2. The highest BCUT2D eigenvalue weighted by Crippen LogP contribution is 2.43. The van der Waals surface area contributed by atoms with E-state index in [9.17, 15) is 18.7 Å². The summed E-state index contributed by atoms with van der Waals surface area (Å²) in [6.45, 7) is 2.55. The van der Waals surface area contributed by atoms with Gasteiger partial charge in [0, 0.05) is 37.7 Å². The molecule has 0 unspecified atom stereocenters. The molecule has 4 rings (SSSR count). The minimum atomic E-state index is -0.617. The average molecular weight is 414 g/mol. The predicted octanol–water partition coefficient (Wildman–Crippen LogP) is 4.43. The predicted molar refractivity (Wildman–Crippen MR) is 111 cm³/mol. The van der Waals surface area contributed by atoms with Crippen LogP contribution in [0.2, 0.25) is 0 Å². The second-order valence-corrected chi connectivity index (χ2v) is 8.53. The van der Waals surface area contributed by atoms with E-state index in [4.69, 9.17) is 0 Å². The fraction of sp³-hybridized carbons (Fsp3) is 0.458. The molecule has 1 N–H and O–H groups in total. The number of carbonyl (C=O) groups is 1. The van der Waals surface area contributed by atoms with Crippen LogP contribution in [0.3, 0.4) is 0 Å². The van der Waals surface area contributed by atoms with E-state index >= 15 is 0 Å². The Bertz CT molecular complexity index is 886. The van der Waals surface area contributed by atoms with E-state index in [2.05, 4.69) is 11.0 Å². The Kier molecular flexibility index (Phi) is 6.04. The molecule has 6 heteroatoms. The van der Waals surface area contributed by atoms with Gasteiger partial charge in [-0.3, -0.25) is 9.69 Å². The fourth-order valence-electron chi connectivity index (χ4n) is 5.15. The topological polar surface area (TPSA) is 43.8 Å². The van der Waals surface area contributed by atoms with Crippen molar-refractivity contribution in [2.75, 3.05) is 13.1 Å². The van der Waals surface area contributed by atoms with Gasteiger partial charge in [0.25, 0.3) is 0 Å². The minimum Gasteiger partial charge on any atom is -0.508 e. The molecule has 2 fully saturated rings. The zero-order valence-electron chi connectivity index (χ0n) is 17.2. The van der Waals surface area contributed by atoms with Crippen molar-refractivity contribution < 1.29 is 18.7 Å². The van der Waals surface area contributed by atoms with Crippen molar-refractivity contribution in [2.24, 2.45) is 0 Å². The number of hydrogen-bond acceptors (Lipinski definition) is 3. The van der Waals surface area contributed by atoms with Crippen molar-refractivity contribution in [1.29, 1.82) is 0 Å². The smallest absolute Gasteiger partial charge is 0.219 e. The number of hydrogen-bond donors (Lipinski definition) is 1. The van der Waals surface area contributed by atoms with Gasteiger partial charge >= 0.3 is 0 Å². The number of phenols is 1. The van der Waals surface area contributed by atoms with Crippen LogP contribution in [0.4, 0.5) is 8.78 Å². The molecule has 0 saturated carbocycles. The summed E-state index contributed by atoms with van der Waals surface area (Å²) < 4.78 is 28.1. The zero-order valence-corrected chi connectivity index (χ0v) is 17.2. The number of amides is 1. The number of benzene rings is 2. The molecule has 2 bridgehead atoms. The van der Waals surface area contributed by atoms with Crippen molar-refractivity contribution in [3.63, 3.8) is 0 Å². The molecular weight excluding hydrogens is 386 g/mol. The third-order valence-corrected chi connectivity index (χ3v) is 6.71. The maximum Gasteiger partial charge on any atom is 0.219 e. The fourth-order valence-corrected chi connectivity index (χ4v) is 5.15. The molecule has 0 radical (unpaired) electrons. The summed E-state index contributed by atoms with van der Waals surface area (Å²) in [6.07, 6.45) is 4.31. The lowest BCUT2D eigenvalue weighted by atomic mass is 9.85. The second-order valence-electron chi connectivity index (χ2n) is 8.53. The first kappa shape index (κ1) is 20.8. The van der Waals surface area contributed by atoms with Gasteiger partial charge in [0.15, 0.2) is 0 Å². The molecule has 2 saturated heterocycles. The highest BCUT2D eigenvalue weighted by Gasteiger charge is 2.41. The van der Waals surface area contributed by atoms with E-state index < -0.39 is 11.6 Å². The van der Waals surface area contributed by atoms with Crippen LogP contribution in [0.1, 0.15) is 49.7 Å². The normalized spacial score (nSPS) is 23.5. The molecule has 1 amide bonds. The summed E-state index contributed by atoms with van der Waals surface area (Å²) in [7, 11) is 0. The Hall–Kier alpha value is -2.47. The average Bonchev–Trinajstić information content (AvgIpc) is 2.94. The van der Waals surface area contributed by atoms with Crippen LogP contribution < -0.4 is 0 Å². The number of nitrogens with zero attached hydrogens (tertiary/aromatic N) is 2. The van der Waals surface area contributed by atoms with Gasteiger partial charge in [0.05, 0.1) is 6.54 Å². The van der Waals surface area contributed by atoms with Crippen molar-refractivity contribution in [2.45, 2.75) is 57.2 Å². The lowest BCUT2D eigenvalue weighted by molar-refractivity contribution is -0.129. The summed E-state index contributed by atoms with van der Waals surface area (Å²) in [6, 6.07) is 12.2. The molecule has 0 aliphatic carbocycles. The molecule has 2 aromatic rings. The summed E-state index contributed by atoms with van der Waals surface area (Å²) >= 11 is 0. The maximum atomic E-state index is 14.0. The van der Waals surface area contributed by atoms with Crippen molar-refractivity contribution in [1.82, 2.24) is 9.80 Å². The number of fused-ring (bicyclic) bond motifs is 2. The number of piperidine rings is 1. The second kappa shape index (κ2) is 8.72. The van der Waals surface area contributed by atoms with E-state index in [0.717, 1.165) is 25.7 Å². The molecule has 0 aromatic heterocycles. The van der Waals surface area contributed by atoms with E-state index in [0.29, 0.717) is 36.8 Å². The van der Waals surface area contributed by atoms with Gasteiger partial charge in [-0.2, -0.15) is 0 Å². The summed E-state index contributed by atoms with van der Waals surface area (Å²) in [4.78, 5) is 16.1. The minimum absolute atomic E-state index is 0.0526. The largest absolute Gasteiger partial charge is 0.508 e. The standard InChI is InChI=1S/C24H28F2N2O2/c1-16(29)27(15-22-23(25)6-3-7-24(22)26)10-11-28-19-8-9-20(28)13-18(12-19)17-4-2-5-21(30)14-17/h2-7,14,18-20,30H,8-13,15H2,1H3/t18-,19+,20-. The van der Waals surface area contributed by atoms with Gasteiger partial charge < -0.3 is 10.0 Å². The molecule has 160 valence electrons. The van der Waals surface area contributed by atoms with Crippen LogP contribution >= 0.6 is 0 Å². The number of aromatic hydroxyl groups is 1. The van der Waals surface area contributed by atoms with Crippen molar-refractivity contribution in [3.05, 3.63) is 65.2 Å². The Morgan fingerprint density at radius 2 is 1.73 bits per heavy atom. The van der Waals surface area contributed by atoms with E-state index in [1.54, 1.807) is 6.07 Å². The summed E-state index contributed by atoms with van der Waals surface area (Å²) in [5.74, 6) is -0.678. The van der Waals surface area contributed by atoms with Crippen LogP contribution in [-0.4, -0.2) is 46.0 Å². The maximum absolute atomic E-state index is 14.0. The summed E-state index contributed by atoms with van der Waals surface area (Å²) in [5.41, 5.74) is 1.13. The number of carbonyl (C=O) groups excluding carboxylic acids is 1. The summed E-state index contributed by atoms with van der Waals surface area (Å²) in [5, 5.41) is 9.80. The molecule has 2 aliphatic heterocycles. The quantitative estimate of drug-likeness (QED) is 0.761. The first-order valence-electron chi connectivity index (χ1n) is 10.7. The zero-order chi connectivity index (χ0) is 21.3. The van der Waals surface area contributed by atoms with Gasteiger partial charge in [-0.25, -0.2) is 8.78 Å². The van der Waals surface area contributed by atoms with Crippen LogP contribution in [0, 0.1) is 11.6 Å². The third kappa shape index (κ3) is 4.33. The van der Waals surface area contributed by atoms with Gasteiger partial charge in [-0.15, -0.1) is 0 Å². The Morgan fingerprint density at radius 3 is 2.33 bits per heavy atom. The highest BCUT2D eigenvalue weighted by atomic mass is 19.1. The van der Waals surface area contributed by atoms with E-state index in [1.807, 2.05) is 12.1 Å². The third-order valence-electron chi connectivity index (χ3n) is 6.71. The molecule has 4 nitrogen and oxygen atoms in total. The van der Waals surface area contributed by atoms with Crippen LogP contribution in [0.5, 0.6) is 5.75 Å². The highest BCUT2D eigenvalue weighted by molar-refractivity contribution is 5.73. The van der Waals surface area contributed by atoms with Gasteiger partial charge in [-0.05, 0) is 61.4 Å². The van der Waals surface area contributed by atoms with Crippen molar-refractivity contribution >= 4 is 5.91 Å². The van der Waals surface area contributed by atoms with Gasteiger partial charge in [-0.1, -0.05) is 18.2 Å². The Balaban J connectivity index is 1.40. The Labute approximate surface area is 176 Å². The number of rotatable bonds is 6. The SMILES string of the molecule is CC(=O)N(CCN1[C@@H]2CC[C@H]1C[C@@H](c1cccc(O)c1)C2)Cc1c(F)cccc1F. The first-order valence-corrected chi connectivity index (χ1v) is 10.7. The van der Waals surface area contributed by atoms with E-state index in [1.165, 1.54) is 35.6 Å². The monoisotopic (exact) mass is 414 g/mol. The Morgan fingerprint density at radius 1 is 1.10 bits per heavy atom. The number of halogens is 2. The molecule has 3 atom stereocenters. The van der Waals surface area contributed by atoms with Gasteiger partial charge in [0.2, 0.25) is 5.91 Å². The number of phenolic OH excluding ortho intramolecular Hbond substituents is 1. The molecule has 2 heterocycles. The lowest BCUT2D eigenvalue weighted by Gasteiger charge is -2.40. The first-order chi connectivity index (χ1) is 14.4. The lowest BCUT2D eigenvalue weighted by Crippen LogP contribution is -2.46. The molecule has 2 aliphatic rings. The van der Waals surface area contributed by atoms with Gasteiger partial charge in [0.1, 0.15) is 17.4 Å². The molecule has 2 aromatic carbocycles. The molecule has 0 spiro atoms.